The number of carbonyl (C=O) groups excluding carboxylic acids is 1. The van der Waals surface area contributed by atoms with E-state index in [4.69, 9.17) is 0 Å². The Bertz CT molecular complexity index is 832. The Kier molecular flexibility index (Phi) is 5.78. The molecule has 1 atom stereocenters. The monoisotopic (exact) mass is 364 g/mol. The molecule has 4 heteroatoms. The lowest BCUT2D eigenvalue weighted by Gasteiger charge is -2.22. The number of anilines is 1. The van der Waals surface area contributed by atoms with Crippen LogP contribution in [0.2, 0.25) is 0 Å². The van der Waals surface area contributed by atoms with Crippen LogP contribution in [0.1, 0.15) is 43.0 Å². The zero-order valence-corrected chi connectivity index (χ0v) is 16.3. The van der Waals surface area contributed by atoms with Crippen LogP contribution >= 0.6 is 0 Å². The lowest BCUT2D eigenvalue weighted by atomic mass is 10.0. The van der Waals surface area contributed by atoms with Gasteiger partial charge < -0.3 is 15.7 Å². The Morgan fingerprint density at radius 1 is 1.15 bits per heavy atom. The summed E-state index contributed by atoms with van der Waals surface area (Å²) in [5.41, 5.74) is 5.26. The van der Waals surface area contributed by atoms with Crippen molar-refractivity contribution < 1.29 is 9.90 Å². The molecule has 2 aromatic rings. The fourth-order valence-corrected chi connectivity index (χ4v) is 3.15. The quantitative estimate of drug-likeness (QED) is 0.686. The van der Waals surface area contributed by atoms with E-state index < -0.39 is 6.10 Å². The van der Waals surface area contributed by atoms with Crippen molar-refractivity contribution in [3.8, 4) is 0 Å². The fraction of sp³-hybridized carbons (Fsp3) is 0.348. The molecule has 0 fully saturated rings. The van der Waals surface area contributed by atoms with Crippen molar-refractivity contribution in [2.75, 3.05) is 11.9 Å². The molecule has 1 aliphatic heterocycles. The van der Waals surface area contributed by atoms with Crippen molar-refractivity contribution in [1.82, 2.24) is 5.32 Å². The number of hydrogen-bond donors (Lipinski definition) is 3. The molecule has 2 aromatic carbocycles. The minimum absolute atomic E-state index is 0.00732. The Morgan fingerprint density at radius 2 is 1.89 bits per heavy atom. The molecular formula is C23H28N2O2. The van der Waals surface area contributed by atoms with Gasteiger partial charge in [-0.3, -0.25) is 4.79 Å². The van der Waals surface area contributed by atoms with E-state index in [9.17, 15) is 9.90 Å². The van der Waals surface area contributed by atoms with Crippen LogP contribution in [0, 0.1) is 0 Å². The SMILES string of the molecule is CC(C)(C)NCC(O)Cc1ccc(C=Cc2cccc3c2CC(=O)N3)cc1. The smallest absolute Gasteiger partial charge is 0.228 e. The van der Waals surface area contributed by atoms with Crippen LogP contribution in [0.3, 0.4) is 0 Å². The summed E-state index contributed by atoms with van der Waals surface area (Å²) in [5.74, 6) is 0.0507. The van der Waals surface area contributed by atoms with Crippen molar-refractivity contribution in [3.05, 3.63) is 64.7 Å². The van der Waals surface area contributed by atoms with Crippen molar-refractivity contribution in [2.45, 2.75) is 45.3 Å². The van der Waals surface area contributed by atoms with Gasteiger partial charge in [-0.05, 0) is 55.5 Å². The average Bonchev–Trinajstić information content (AvgIpc) is 2.99. The Balaban J connectivity index is 1.61. The molecule has 0 aliphatic carbocycles. The molecule has 1 amide bonds. The molecule has 0 radical (unpaired) electrons. The van der Waals surface area contributed by atoms with Gasteiger partial charge in [-0.1, -0.05) is 48.6 Å². The summed E-state index contributed by atoms with van der Waals surface area (Å²) in [7, 11) is 0. The summed E-state index contributed by atoms with van der Waals surface area (Å²) in [5, 5.41) is 16.4. The van der Waals surface area contributed by atoms with Crippen LogP contribution in [-0.2, 0) is 17.6 Å². The standard InChI is InChI=1S/C23H28N2O2/c1-23(2,3)24-15-19(26)13-17-9-7-16(8-10-17)11-12-18-5-4-6-21-20(18)14-22(27)25-21/h4-12,19,24,26H,13-15H2,1-3H3,(H,25,27). The highest BCUT2D eigenvalue weighted by Gasteiger charge is 2.19. The fourth-order valence-electron chi connectivity index (χ4n) is 3.15. The molecule has 0 saturated carbocycles. The van der Waals surface area contributed by atoms with Gasteiger partial charge in [0.25, 0.3) is 0 Å². The molecule has 3 N–H and O–H groups in total. The molecule has 0 spiro atoms. The lowest BCUT2D eigenvalue weighted by Crippen LogP contribution is -2.41. The largest absolute Gasteiger partial charge is 0.391 e. The third-order valence-electron chi connectivity index (χ3n) is 4.60. The number of carbonyl (C=O) groups is 1. The Hall–Kier alpha value is -2.43. The third-order valence-corrected chi connectivity index (χ3v) is 4.60. The molecule has 1 unspecified atom stereocenters. The van der Waals surface area contributed by atoms with Crippen LogP contribution in [0.25, 0.3) is 12.2 Å². The summed E-state index contributed by atoms with van der Waals surface area (Å²) in [4.78, 5) is 11.6. The van der Waals surface area contributed by atoms with Gasteiger partial charge in [0.2, 0.25) is 5.91 Å². The van der Waals surface area contributed by atoms with Crippen LogP contribution in [0.4, 0.5) is 5.69 Å². The second kappa shape index (κ2) is 8.07. The van der Waals surface area contributed by atoms with Gasteiger partial charge in [0.15, 0.2) is 0 Å². The molecule has 142 valence electrons. The third kappa shape index (κ3) is 5.52. The van der Waals surface area contributed by atoms with Crippen LogP contribution < -0.4 is 10.6 Å². The number of nitrogens with one attached hydrogen (secondary N) is 2. The number of aliphatic hydroxyl groups is 1. The van der Waals surface area contributed by atoms with Crippen molar-refractivity contribution in [3.63, 3.8) is 0 Å². The maximum Gasteiger partial charge on any atom is 0.228 e. The average molecular weight is 364 g/mol. The van der Waals surface area contributed by atoms with Crippen molar-refractivity contribution in [2.24, 2.45) is 0 Å². The number of aliphatic hydroxyl groups excluding tert-OH is 1. The van der Waals surface area contributed by atoms with E-state index in [1.165, 1.54) is 0 Å². The number of amides is 1. The van der Waals surface area contributed by atoms with E-state index in [0.717, 1.165) is 27.9 Å². The molecule has 1 heterocycles. The topological polar surface area (TPSA) is 61.4 Å². The Morgan fingerprint density at radius 3 is 2.59 bits per heavy atom. The first-order valence-corrected chi connectivity index (χ1v) is 9.42. The van der Waals surface area contributed by atoms with E-state index in [0.29, 0.717) is 19.4 Å². The minimum Gasteiger partial charge on any atom is -0.391 e. The summed E-state index contributed by atoms with van der Waals surface area (Å²) >= 11 is 0. The molecule has 27 heavy (non-hydrogen) atoms. The predicted molar refractivity (Wildman–Crippen MR) is 112 cm³/mol. The zero-order valence-electron chi connectivity index (χ0n) is 16.3. The van der Waals surface area contributed by atoms with Gasteiger partial charge in [-0.25, -0.2) is 0 Å². The van der Waals surface area contributed by atoms with Gasteiger partial charge in [0.1, 0.15) is 0 Å². The van der Waals surface area contributed by atoms with Crippen LogP contribution in [-0.4, -0.2) is 29.2 Å². The number of β-amino-alcohol motifs (C(OH)–C–C–N with tert-alkyl or cyclic N) is 1. The second-order valence-corrected chi connectivity index (χ2v) is 8.16. The van der Waals surface area contributed by atoms with E-state index in [1.54, 1.807) is 0 Å². The maximum atomic E-state index is 11.6. The molecule has 0 saturated heterocycles. The van der Waals surface area contributed by atoms with E-state index in [1.807, 2.05) is 18.2 Å². The van der Waals surface area contributed by atoms with Gasteiger partial charge in [0.05, 0.1) is 12.5 Å². The van der Waals surface area contributed by atoms with Gasteiger partial charge in [-0.15, -0.1) is 0 Å². The molecule has 4 nitrogen and oxygen atoms in total. The maximum absolute atomic E-state index is 11.6. The molecule has 3 rings (SSSR count). The van der Waals surface area contributed by atoms with E-state index >= 15 is 0 Å². The highest BCUT2D eigenvalue weighted by molar-refractivity contribution is 6.00. The van der Waals surface area contributed by atoms with Crippen molar-refractivity contribution in [1.29, 1.82) is 0 Å². The first-order valence-electron chi connectivity index (χ1n) is 9.42. The lowest BCUT2D eigenvalue weighted by molar-refractivity contribution is -0.115. The van der Waals surface area contributed by atoms with Gasteiger partial charge >= 0.3 is 0 Å². The first-order chi connectivity index (χ1) is 12.8. The van der Waals surface area contributed by atoms with Crippen LogP contribution in [0.15, 0.2) is 42.5 Å². The van der Waals surface area contributed by atoms with Crippen LogP contribution in [0.5, 0.6) is 0 Å². The van der Waals surface area contributed by atoms with E-state index in [-0.39, 0.29) is 11.4 Å². The number of hydrogen-bond acceptors (Lipinski definition) is 3. The molecule has 1 aliphatic rings. The number of fused-ring (bicyclic) bond motifs is 1. The second-order valence-electron chi connectivity index (χ2n) is 8.16. The normalized spacial score (nSPS) is 15.0. The highest BCUT2D eigenvalue weighted by Crippen LogP contribution is 2.27. The zero-order chi connectivity index (χ0) is 19.4. The summed E-state index contributed by atoms with van der Waals surface area (Å²) in [6.07, 6.45) is 4.78. The summed E-state index contributed by atoms with van der Waals surface area (Å²) < 4.78 is 0. The molecule has 0 bridgehead atoms. The Labute approximate surface area is 161 Å². The number of benzene rings is 2. The summed E-state index contributed by atoms with van der Waals surface area (Å²) in [6.45, 7) is 6.86. The van der Waals surface area contributed by atoms with Crippen molar-refractivity contribution >= 4 is 23.7 Å². The van der Waals surface area contributed by atoms with Gasteiger partial charge in [-0.2, -0.15) is 0 Å². The van der Waals surface area contributed by atoms with Gasteiger partial charge in [0, 0.05) is 17.8 Å². The highest BCUT2D eigenvalue weighted by atomic mass is 16.3. The molecule has 0 aromatic heterocycles. The summed E-state index contributed by atoms with van der Waals surface area (Å²) in [6, 6.07) is 14.2. The van der Waals surface area contributed by atoms with E-state index in [2.05, 4.69) is 67.8 Å². The molecular weight excluding hydrogens is 336 g/mol. The minimum atomic E-state index is -0.400. The first kappa shape index (κ1) is 19.3. The number of rotatable bonds is 6. The predicted octanol–water partition coefficient (Wildman–Crippen LogP) is 3.64.